The van der Waals surface area contributed by atoms with Gasteiger partial charge < -0.3 is 32.2 Å². The highest BCUT2D eigenvalue weighted by Crippen LogP contribution is 2.50. The summed E-state index contributed by atoms with van der Waals surface area (Å²) in [5, 5.41) is 13.0. The van der Waals surface area contributed by atoms with E-state index in [2.05, 4.69) is 216 Å². The standard InChI is InChI=1S/C68H40N2O5/c1-3-13-41-31-43(25-23-39(41)11-1)69(57-19-9-17-51-47-15-5-7-21-59(47)74-67(51)57)45-27-29-49-53-35-65-55(37-63(53)71-61(49)33-45)56-38-64-54(36-66(56)73-65)50-30-28-46(34-62(50)72-64)70(44-26-24-40-12-2-4-14-42(40)32-44)58-20-10-18-52-48-16-6-8-22-60(48)75-68(52)58/h1-38,49,61H. The van der Waals surface area contributed by atoms with E-state index in [9.17, 15) is 0 Å². The molecule has 17 rings (SSSR count). The molecule has 5 heterocycles. The summed E-state index contributed by atoms with van der Waals surface area (Å²) in [6, 6.07) is 74.5. The molecule has 0 radical (unpaired) electrons. The largest absolute Gasteiger partial charge is 0.485 e. The van der Waals surface area contributed by atoms with Crippen molar-refractivity contribution in [3.8, 4) is 5.75 Å². The fraction of sp³-hybridized carbons (Fsp3) is 0.0294. The number of para-hydroxylation sites is 4. The third-order valence-electron chi connectivity index (χ3n) is 15.7. The first-order chi connectivity index (χ1) is 37.1. The van der Waals surface area contributed by atoms with Gasteiger partial charge >= 0.3 is 0 Å². The summed E-state index contributed by atoms with van der Waals surface area (Å²) in [6.45, 7) is 0. The number of nitrogens with zero attached hydrogens (tertiary/aromatic N) is 2. The molecule has 1 aliphatic heterocycles. The van der Waals surface area contributed by atoms with E-state index >= 15 is 0 Å². The van der Waals surface area contributed by atoms with Gasteiger partial charge in [0.05, 0.1) is 17.1 Å². The molecule has 0 spiro atoms. The highest BCUT2D eigenvalue weighted by atomic mass is 16.5. The van der Waals surface area contributed by atoms with E-state index in [-0.39, 0.29) is 12.0 Å². The van der Waals surface area contributed by atoms with Gasteiger partial charge in [0.25, 0.3) is 0 Å². The first kappa shape index (κ1) is 40.6. The fourth-order valence-electron chi connectivity index (χ4n) is 12.2. The van der Waals surface area contributed by atoms with Crippen LogP contribution in [0.4, 0.5) is 28.4 Å². The van der Waals surface area contributed by atoms with Crippen LogP contribution in [0.5, 0.6) is 5.75 Å². The van der Waals surface area contributed by atoms with Gasteiger partial charge in [-0.3, -0.25) is 0 Å². The van der Waals surface area contributed by atoms with Gasteiger partial charge in [0.2, 0.25) is 0 Å². The lowest BCUT2D eigenvalue weighted by Crippen LogP contribution is -2.24. The van der Waals surface area contributed by atoms with Crippen molar-refractivity contribution < 1.29 is 22.4 Å². The van der Waals surface area contributed by atoms with Gasteiger partial charge in [0.15, 0.2) is 11.2 Å². The number of furan rings is 4. The molecule has 2 atom stereocenters. The number of hydrogen-bond acceptors (Lipinski definition) is 7. The summed E-state index contributed by atoms with van der Waals surface area (Å²) in [4.78, 5) is 4.58. The molecule has 7 nitrogen and oxygen atoms in total. The predicted molar refractivity (Wildman–Crippen MR) is 305 cm³/mol. The molecule has 0 N–H and O–H groups in total. The average molecular weight is 965 g/mol. The normalized spacial score (nSPS) is 15.3. The first-order valence-corrected chi connectivity index (χ1v) is 25.4. The summed E-state index contributed by atoms with van der Waals surface area (Å²) in [5.74, 6) is 0.853. The Bertz CT molecular complexity index is 4990. The Morgan fingerprint density at radius 3 is 1.49 bits per heavy atom. The highest BCUT2D eigenvalue weighted by molar-refractivity contribution is 6.16. The van der Waals surface area contributed by atoms with Crippen molar-refractivity contribution in [3.63, 3.8) is 0 Å². The summed E-state index contributed by atoms with van der Waals surface area (Å²) in [7, 11) is 0. The van der Waals surface area contributed by atoms with Crippen molar-refractivity contribution in [2.75, 3.05) is 9.80 Å². The molecule has 352 valence electrons. The zero-order valence-electron chi connectivity index (χ0n) is 40.0. The van der Waals surface area contributed by atoms with Crippen LogP contribution in [0.25, 0.3) is 109 Å². The number of allylic oxidation sites excluding steroid dienone is 1. The smallest absolute Gasteiger partial charge is 0.159 e. The summed E-state index contributed by atoms with van der Waals surface area (Å²) < 4.78 is 33.8. The van der Waals surface area contributed by atoms with Crippen LogP contribution in [0, 0.1) is 0 Å². The highest BCUT2D eigenvalue weighted by Gasteiger charge is 2.36. The molecule has 2 aliphatic rings. The maximum atomic E-state index is 6.95. The van der Waals surface area contributed by atoms with Gasteiger partial charge in [-0.2, -0.15) is 0 Å². The Morgan fingerprint density at radius 2 is 0.827 bits per heavy atom. The van der Waals surface area contributed by atoms with Crippen molar-refractivity contribution >= 4 is 138 Å². The summed E-state index contributed by atoms with van der Waals surface area (Å²) in [6.07, 6.45) is 6.52. The van der Waals surface area contributed by atoms with E-state index in [1.165, 1.54) is 10.8 Å². The van der Waals surface area contributed by atoms with Crippen molar-refractivity contribution in [2.24, 2.45) is 0 Å². The molecule has 0 saturated heterocycles. The van der Waals surface area contributed by atoms with Gasteiger partial charge in [-0.1, -0.05) is 127 Å². The monoisotopic (exact) mass is 964 g/mol. The molecule has 1 aliphatic carbocycles. The Labute approximate surface area is 427 Å². The van der Waals surface area contributed by atoms with Gasteiger partial charge in [0, 0.05) is 77.7 Å². The van der Waals surface area contributed by atoms with Crippen LogP contribution in [0.3, 0.4) is 0 Å². The van der Waals surface area contributed by atoms with E-state index in [1.807, 2.05) is 24.3 Å². The molecule has 0 amide bonds. The molecule has 7 heteroatoms. The van der Waals surface area contributed by atoms with E-state index < -0.39 is 0 Å². The maximum Gasteiger partial charge on any atom is 0.159 e. The second-order valence-corrected chi connectivity index (χ2v) is 19.9. The third kappa shape index (κ3) is 6.03. The molecule has 75 heavy (non-hydrogen) atoms. The summed E-state index contributed by atoms with van der Waals surface area (Å²) >= 11 is 0. The zero-order chi connectivity index (χ0) is 48.9. The van der Waals surface area contributed by atoms with Crippen molar-refractivity contribution in [1.29, 1.82) is 0 Å². The zero-order valence-corrected chi connectivity index (χ0v) is 40.0. The predicted octanol–water partition coefficient (Wildman–Crippen LogP) is 19.2. The quantitative estimate of drug-likeness (QED) is 0.164. The molecule has 2 unspecified atom stereocenters. The minimum Gasteiger partial charge on any atom is -0.485 e. The van der Waals surface area contributed by atoms with Crippen LogP contribution in [-0.2, 0) is 0 Å². The van der Waals surface area contributed by atoms with E-state index in [0.717, 1.165) is 144 Å². The lowest BCUT2D eigenvalue weighted by Gasteiger charge is -2.30. The topological polar surface area (TPSA) is 68.3 Å². The Kier molecular flexibility index (Phi) is 8.27. The summed E-state index contributed by atoms with van der Waals surface area (Å²) in [5.41, 5.74) is 13.6. The lowest BCUT2D eigenvalue weighted by atomic mass is 9.90. The van der Waals surface area contributed by atoms with Crippen LogP contribution in [0.15, 0.2) is 254 Å². The number of hydrogen-bond donors (Lipinski definition) is 0. The Morgan fingerprint density at radius 1 is 0.333 bits per heavy atom. The van der Waals surface area contributed by atoms with Crippen molar-refractivity contribution in [1.82, 2.24) is 0 Å². The first-order valence-electron chi connectivity index (χ1n) is 25.4. The Hall–Kier alpha value is -9.98. The van der Waals surface area contributed by atoms with Crippen LogP contribution >= 0.6 is 0 Å². The fourth-order valence-corrected chi connectivity index (χ4v) is 12.2. The number of benzene rings is 11. The maximum absolute atomic E-state index is 6.95. The third-order valence-corrected chi connectivity index (χ3v) is 15.7. The molecular formula is C68H40N2O5. The van der Waals surface area contributed by atoms with Gasteiger partial charge in [-0.15, -0.1) is 0 Å². The second kappa shape index (κ2) is 15.3. The number of anilines is 5. The van der Waals surface area contributed by atoms with Crippen LogP contribution in [0.2, 0.25) is 0 Å². The Balaban J connectivity index is 0.753. The number of fused-ring (bicyclic) bond motifs is 17. The van der Waals surface area contributed by atoms with E-state index in [1.54, 1.807) is 0 Å². The average Bonchev–Trinajstić information content (AvgIpc) is 4.29. The van der Waals surface area contributed by atoms with E-state index in [4.69, 9.17) is 22.4 Å². The number of rotatable bonds is 6. The van der Waals surface area contributed by atoms with Gasteiger partial charge in [-0.25, -0.2) is 0 Å². The SMILES string of the molecule is C1=CC2c3cc4oc5cc6c(cc5c4cc3OC2C=C1N(c1ccc2ccccc2c1)c1cccc2c1oc1ccccc12)oc1cc(N(c2ccc3ccccc3c2)c2cccc3c2oc2ccccc23)ccc16. The minimum absolute atomic E-state index is 0.00391. The van der Waals surface area contributed by atoms with Gasteiger partial charge in [-0.05, 0) is 119 Å². The second-order valence-electron chi connectivity index (χ2n) is 19.9. The molecule has 0 fully saturated rings. The molecule has 0 bridgehead atoms. The van der Waals surface area contributed by atoms with Crippen LogP contribution < -0.4 is 14.5 Å². The molecule has 11 aromatic carbocycles. The van der Waals surface area contributed by atoms with Crippen LogP contribution in [0.1, 0.15) is 11.5 Å². The number of ether oxygens (including phenoxy) is 1. The molecule has 4 aromatic heterocycles. The van der Waals surface area contributed by atoms with Crippen LogP contribution in [-0.4, -0.2) is 6.10 Å². The molecule has 15 aromatic rings. The molecule has 0 saturated carbocycles. The molecular weight excluding hydrogens is 925 g/mol. The van der Waals surface area contributed by atoms with Gasteiger partial charge in [0.1, 0.15) is 45.4 Å². The van der Waals surface area contributed by atoms with E-state index in [0.29, 0.717) is 0 Å². The lowest BCUT2D eigenvalue weighted by molar-refractivity contribution is 0.268. The van der Waals surface area contributed by atoms with Crippen molar-refractivity contribution in [3.05, 3.63) is 242 Å². The minimum atomic E-state index is -0.236. The van der Waals surface area contributed by atoms with Crippen molar-refractivity contribution in [2.45, 2.75) is 12.0 Å².